The van der Waals surface area contributed by atoms with Gasteiger partial charge in [-0.1, -0.05) is 19.3 Å². The maximum absolute atomic E-state index is 11.9. The summed E-state index contributed by atoms with van der Waals surface area (Å²) >= 11 is 3.22. The Morgan fingerprint density at radius 3 is 3.00 bits per heavy atom. The van der Waals surface area contributed by atoms with Gasteiger partial charge in [0.2, 0.25) is 0 Å². The minimum Gasteiger partial charge on any atom is -0.394 e. The Kier molecular flexibility index (Phi) is 5.89. The van der Waals surface area contributed by atoms with E-state index in [4.69, 9.17) is 11.5 Å². The fourth-order valence-electron chi connectivity index (χ4n) is 1.49. The molecule has 18 heavy (non-hydrogen) atoms. The third-order valence-electron chi connectivity index (χ3n) is 2.40. The number of halogens is 1. The Morgan fingerprint density at radius 1 is 1.72 bits per heavy atom. The van der Waals surface area contributed by atoms with Crippen molar-refractivity contribution < 1.29 is 5.11 Å². The van der Waals surface area contributed by atoms with Crippen molar-refractivity contribution in [1.29, 1.82) is 0 Å². The van der Waals surface area contributed by atoms with E-state index in [1.54, 1.807) is 0 Å². The highest BCUT2D eigenvalue weighted by Crippen LogP contribution is 2.18. The summed E-state index contributed by atoms with van der Waals surface area (Å²) in [5.41, 5.74) is 0.284. The second kappa shape index (κ2) is 7.19. The molecule has 0 amide bonds. The van der Waals surface area contributed by atoms with Crippen LogP contribution < -0.4 is 10.9 Å². The zero-order valence-electron chi connectivity index (χ0n) is 10.2. The standard InChI is InChI=1S/C12H16BrN3O2/c1-3-5-9(4-2)15-10-8-14-16(6-7-17)12(18)11(10)13/h2,8-9,15,17H,3,5-7H2,1H3. The summed E-state index contributed by atoms with van der Waals surface area (Å²) in [5, 5.41) is 15.8. The highest BCUT2D eigenvalue weighted by molar-refractivity contribution is 9.10. The molecule has 0 saturated carbocycles. The first-order valence-electron chi connectivity index (χ1n) is 5.73. The summed E-state index contributed by atoms with van der Waals surface area (Å²) in [4.78, 5) is 11.9. The van der Waals surface area contributed by atoms with E-state index < -0.39 is 0 Å². The molecule has 0 spiro atoms. The fraction of sp³-hybridized carbons (Fsp3) is 0.500. The number of terminal acetylenes is 1. The predicted octanol–water partition coefficient (Wildman–Crippen LogP) is 1.21. The van der Waals surface area contributed by atoms with E-state index in [1.807, 2.05) is 6.92 Å². The van der Waals surface area contributed by atoms with Crippen molar-refractivity contribution in [3.8, 4) is 12.3 Å². The van der Waals surface area contributed by atoms with Crippen molar-refractivity contribution in [3.05, 3.63) is 21.0 Å². The van der Waals surface area contributed by atoms with Gasteiger partial charge in [0.1, 0.15) is 4.47 Å². The van der Waals surface area contributed by atoms with Crippen LogP contribution in [0, 0.1) is 12.3 Å². The number of anilines is 1. The van der Waals surface area contributed by atoms with Crippen molar-refractivity contribution >= 4 is 21.6 Å². The van der Waals surface area contributed by atoms with Crippen LogP contribution in [0.2, 0.25) is 0 Å². The van der Waals surface area contributed by atoms with Gasteiger partial charge in [-0.2, -0.15) is 5.10 Å². The molecular weight excluding hydrogens is 298 g/mol. The maximum atomic E-state index is 11.9. The van der Waals surface area contributed by atoms with Gasteiger partial charge < -0.3 is 10.4 Å². The summed E-state index contributed by atoms with van der Waals surface area (Å²) in [6, 6.07) is -0.124. The van der Waals surface area contributed by atoms with Gasteiger partial charge >= 0.3 is 0 Å². The molecule has 0 saturated heterocycles. The van der Waals surface area contributed by atoms with Crippen LogP contribution in [0.25, 0.3) is 0 Å². The average Bonchev–Trinajstić information content (AvgIpc) is 2.37. The molecule has 0 bridgehead atoms. The summed E-state index contributed by atoms with van der Waals surface area (Å²) in [5.74, 6) is 2.63. The Hall–Kier alpha value is -1.32. The summed E-state index contributed by atoms with van der Waals surface area (Å²) in [6.45, 7) is 2.08. The minimum absolute atomic E-state index is 0.124. The predicted molar refractivity (Wildman–Crippen MR) is 74.4 cm³/mol. The van der Waals surface area contributed by atoms with Crippen LogP contribution in [0.4, 0.5) is 5.69 Å². The average molecular weight is 314 g/mol. The van der Waals surface area contributed by atoms with E-state index in [0.717, 1.165) is 12.8 Å². The van der Waals surface area contributed by atoms with Crippen molar-refractivity contribution in [2.24, 2.45) is 0 Å². The number of nitrogens with one attached hydrogen (secondary N) is 1. The molecule has 0 aromatic carbocycles. The lowest BCUT2D eigenvalue weighted by Crippen LogP contribution is -2.27. The van der Waals surface area contributed by atoms with E-state index >= 15 is 0 Å². The SMILES string of the molecule is C#CC(CCC)Nc1cnn(CCO)c(=O)c1Br. The van der Waals surface area contributed by atoms with E-state index in [2.05, 4.69) is 32.3 Å². The monoisotopic (exact) mass is 313 g/mol. The third-order valence-corrected chi connectivity index (χ3v) is 3.17. The first-order chi connectivity index (χ1) is 8.63. The highest BCUT2D eigenvalue weighted by Gasteiger charge is 2.11. The Labute approximate surface area is 114 Å². The second-order valence-corrected chi connectivity index (χ2v) is 4.57. The molecule has 5 nitrogen and oxygen atoms in total. The quantitative estimate of drug-likeness (QED) is 0.775. The van der Waals surface area contributed by atoms with Gasteiger partial charge in [-0.15, -0.1) is 6.42 Å². The molecule has 1 rings (SSSR count). The van der Waals surface area contributed by atoms with Crippen LogP contribution in [0.5, 0.6) is 0 Å². The molecule has 0 aliphatic rings. The van der Waals surface area contributed by atoms with Crippen LogP contribution in [-0.2, 0) is 6.54 Å². The van der Waals surface area contributed by atoms with Crippen LogP contribution >= 0.6 is 15.9 Å². The topological polar surface area (TPSA) is 67.2 Å². The molecule has 0 radical (unpaired) electrons. The molecule has 1 aromatic heterocycles. The van der Waals surface area contributed by atoms with Crippen molar-refractivity contribution in [2.45, 2.75) is 32.4 Å². The van der Waals surface area contributed by atoms with Gasteiger partial charge in [-0.05, 0) is 22.4 Å². The molecule has 2 N–H and O–H groups in total. The molecule has 6 heteroatoms. The van der Waals surface area contributed by atoms with Crippen LogP contribution in [0.3, 0.4) is 0 Å². The zero-order chi connectivity index (χ0) is 13.5. The normalized spacial score (nSPS) is 11.9. The number of hydrogen-bond donors (Lipinski definition) is 2. The number of aliphatic hydroxyl groups is 1. The zero-order valence-corrected chi connectivity index (χ0v) is 11.8. The number of rotatable bonds is 6. The molecule has 98 valence electrons. The third kappa shape index (κ3) is 3.59. The van der Waals surface area contributed by atoms with Crippen molar-refractivity contribution in [2.75, 3.05) is 11.9 Å². The van der Waals surface area contributed by atoms with Crippen molar-refractivity contribution in [1.82, 2.24) is 9.78 Å². The molecule has 0 aliphatic carbocycles. The molecule has 1 atom stereocenters. The summed E-state index contributed by atoms with van der Waals surface area (Å²) < 4.78 is 1.57. The second-order valence-electron chi connectivity index (χ2n) is 3.78. The van der Waals surface area contributed by atoms with E-state index in [0.29, 0.717) is 10.2 Å². The van der Waals surface area contributed by atoms with Crippen LogP contribution in [0.15, 0.2) is 15.5 Å². The number of nitrogens with zero attached hydrogens (tertiary/aromatic N) is 2. The fourth-order valence-corrected chi connectivity index (χ4v) is 1.91. The smallest absolute Gasteiger partial charge is 0.283 e. The molecule has 0 fully saturated rings. The van der Waals surface area contributed by atoms with E-state index in [1.165, 1.54) is 10.9 Å². The lowest BCUT2D eigenvalue weighted by atomic mass is 10.2. The first-order valence-corrected chi connectivity index (χ1v) is 6.52. The number of aliphatic hydroxyl groups excluding tert-OH is 1. The van der Waals surface area contributed by atoms with Gasteiger partial charge in [0.15, 0.2) is 0 Å². The Bertz CT molecular complexity index is 493. The molecule has 1 heterocycles. The van der Waals surface area contributed by atoms with Crippen LogP contribution in [0.1, 0.15) is 19.8 Å². The molecule has 0 aliphatic heterocycles. The first kappa shape index (κ1) is 14.7. The maximum Gasteiger partial charge on any atom is 0.283 e. The van der Waals surface area contributed by atoms with Gasteiger partial charge in [0.25, 0.3) is 5.56 Å². The lowest BCUT2D eigenvalue weighted by Gasteiger charge is -2.15. The van der Waals surface area contributed by atoms with Gasteiger partial charge in [0.05, 0.1) is 31.1 Å². The Balaban J connectivity index is 2.95. The highest BCUT2D eigenvalue weighted by atomic mass is 79.9. The van der Waals surface area contributed by atoms with Gasteiger partial charge in [0, 0.05) is 0 Å². The molecule has 1 aromatic rings. The molecule has 1 unspecified atom stereocenters. The summed E-state index contributed by atoms with van der Waals surface area (Å²) in [7, 11) is 0. The molecular formula is C12H16BrN3O2. The van der Waals surface area contributed by atoms with Crippen molar-refractivity contribution in [3.63, 3.8) is 0 Å². The minimum atomic E-state index is -0.290. The van der Waals surface area contributed by atoms with Gasteiger partial charge in [-0.3, -0.25) is 4.79 Å². The number of hydrogen-bond acceptors (Lipinski definition) is 4. The van der Waals surface area contributed by atoms with Crippen LogP contribution in [-0.4, -0.2) is 27.5 Å². The lowest BCUT2D eigenvalue weighted by molar-refractivity contribution is 0.266. The van der Waals surface area contributed by atoms with E-state index in [-0.39, 0.29) is 24.8 Å². The van der Waals surface area contributed by atoms with E-state index in [9.17, 15) is 4.79 Å². The van der Waals surface area contributed by atoms with Gasteiger partial charge in [-0.25, -0.2) is 4.68 Å². The number of aromatic nitrogens is 2. The Morgan fingerprint density at radius 2 is 2.44 bits per heavy atom. The largest absolute Gasteiger partial charge is 0.394 e. The summed E-state index contributed by atoms with van der Waals surface area (Å²) in [6.07, 6.45) is 8.71.